The van der Waals surface area contributed by atoms with Crippen LogP contribution in [0.1, 0.15) is 36.3 Å². The molecule has 0 saturated carbocycles. The Kier molecular flexibility index (Phi) is 7.05. The topological polar surface area (TPSA) is 52.4 Å². The predicted octanol–water partition coefficient (Wildman–Crippen LogP) is 5.06. The smallest absolute Gasteiger partial charge is 0.191 e. The van der Waals surface area contributed by atoms with Gasteiger partial charge in [-0.25, -0.2) is 0 Å². The summed E-state index contributed by atoms with van der Waals surface area (Å²) in [6.07, 6.45) is 0.961. The van der Waals surface area contributed by atoms with Gasteiger partial charge < -0.3 is 14.0 Å². The molecule has 1 aromatic heterocycles. The second-order valence-corrected chi connectivity index (χ2v) is 9.04. The van der Waals surface area contributed by atoms with Crippen molar-refractivity contribution in [1.82, 2.24) is 19.7 Å². The third-order valence-electron chi connectivity index (χ3n) is 5.26. The summed E-state index contributed by atoms with van der Waals surface area (Å²) in [5, 5.41) is 10.6. The van der Waals surface area contributed by atoms with Crippen molar-refractivity contribution < 1.29 is 9.47 Å². The predicted molar refractivity (Wildman–Crippen MR) is 124 cm³/mol. The van der Waals surface area contributed by atoms with Crippen molar-refractivity contribution >= 4 is 23.4 Å². The van der Waals surface area contributed by atoms with Gasteiger partial charge >= 0.3 is 0 Å². The maximum absolute atomic E-state index is 6.41. The van der Waals surface area contributed by atoms with Gasteiger partial charge in [0.05, 0.1) is 17.6 Å². The highest BCUT2D eigenvalue weighted by molar-refractivity contribution is 7.98. The summed E-state index contributed by atoms with van der Waals surface area (Å²) in [6.45, 7) is 3.97. The molecule has 0 N–H and O–H groups in total. The molecule has 4 rings (SSSR count). The lowest BCUT2D eigenvalue weighted by atomic mass is 10.2. The lowest BCUT2D eigenvalue weighted by Gasteiger charge is -2.23. The van der Waals surface area contributed by atoms with Crippen molar-refractivity contribution in [1.29, 1.82) is 0 Å². The van der Waals surface area contributed by atoms with Gasteiger partial charge in [0, 0.05) is 5.75 Å². The minimum Gasteiger partial charge on any atom is -0.486 e. The van der Waals surface area contributed by atoms with Crippen molar-refractivity contribution in [3.05, 3.63) is 64.4 Å². The molecule has 0 amide bonds. The minimum atomic E-state index is 0.203. The molecular formula is C23H27ClN4O2S. The van der Waals surface area contributed by atoms with Crippen molar-refractivity contribution in [2.24, 2.45) is 0 Å². The highest BCUT2D eigenvalue weighted by Crippen LogP contribution is 2.39. The van der Waals surface area contributed by atoms with E-state index in [2.05, 4.69) is 64.9 Å². The molecule has 0 radical (unpaired) electrons. The summed E-state index contributed by atoms with van der Waals surface area (Å²) in [5.41, 5.74) is 2.29. The van der Waals surface area contributed by atoms with Gasteiger partial charge in [-0.3, -0.25) is 4.90 Å². The van der Waals surface area contributed by atoms with E-state index in [9.17, 15) is 0 Å². The number of rotatable bonds is 8. The van der Waals surface area contributed by atoms with Crippen LogP contribution >= 0.6 is 23.4 Å². The highest BCUT2D eigenvalue weighted by atomic mass is 35.5. The van der Waals surface area contributed by atoms with Gasteiger partial charge in [-0.1, -0.05) is 60.6 Å². The molecule has 2 aromatic carbocycles. The molecule has 164 valence electrons. The standard InChI is InChI=1S/C23H27ClN4O2S/c1-4-19(27(2)3)22-25-26-23(28(22)14-16-8-6-5-7-9-16)31-15-17-12-18(24)21-20(13-17)29-10-11-30-21/h5-9,12-13,19H,4,10-11,14-15H2,1-3H3/t19-/m0/s1. The molecule has 2 heterocycles. The number of halogens is 1. The SMILES string of the molecule is CC[C@@H](c1nnc(SCc2cc(Cl)c3c(c2)OCCO3)n1Cc1ccccc1)N(C)C. The van der Waals surface area contributed by atoms with Crippen LogP contribution in [-0.4, -0.2) is 47.0 Å². The molecule has 0 bridgehead atoms. The monoisotopic (exact) mass is 458 g/mol. The Morgan fingerprint density at radius 3 is 2.61 bits per heavy atom. The van der Waals surface area contributed by atoms with Crippen molar-refractivity contribution in [2.45, 2.75) is 36.8 Å². The van der Waals surface area contributed by atoms with Crippen molar-refractivity contribution in [3.63, 3.8) is 0 Å². The van der Waals surface area contributed by atoms with E-state index in [1.54, 1.807) is 11.8 Å². The number of fused-ring (bicyclic) bond motifs is 1. The van der Waals surface area contributed by atoms with Crippen LogP contribution in [0, 0.1) is 0 Å². The number of hydrogen-bond donors (Lipinski definition) is 0. The van der Waals surface area contributed by atoms with E-state index >= 15 is 0 Å². The van der Waals surface area contributed by atoms with Crippen LogP contribution in [-0.2, 0) is 12.3 Å². The fraction of sp³-hybridized carbons (Fsp3) is 0.391. The quantitative estimate of drug-likeness (QED) is 0.440. The van der Waals surface area contributed by atoms with Crippen molar-refractivity contribution in [3.8, 4) is 11.5 Å². The highest BCUT2D eigenvalue weighted by Gasteiger charge is 2.23. The van der Waals surface area contributed by atoms with E-state index in [-0.39, 0.29) is 6.04 Å². The number of thioether (sulfide) groups is 1. The Morgan fingerprint density at radius 1 is 1.10 bits per heavy atom. The van der Waals surface area contributed by atoms with Gasteiger partial charge in [0.2, 0.25) is 0 Å². The van der Waals surface area contributed by atoms with E-state index in [0.29, 0.717) is 35.5 Å². The molecule has 0 fully saturated rings. The minimum absolute atomic E-state index is 0.203. The van der Waals surface area contributed by atoms with Crippen LogP contribution in [0.3, 0.4) is 0 Å². The van der Waals surface area contributed by atoms with Gasteiger partial charge in [-0.15, -0.1) is 10.2 Å². The summed E-state index contributed by atoms with van der Waals surface area (Å²) in [5.74, 6) is 3.04. The van der Waals surface area contributed by atoms with Gasteiger partial charge in [0.25, 0.3) is 0 Å². The lowest BCUT2D eigenvalue weighted by Crippen LogP contribution is -2.23. The zero-order valence-corrected chi connectivity index (χ0v) is 19.6. The van der Waals surface area contributed by atoms with Crippen LogP contribution in [0.15, 0.2) is 47.6 Å². The van der Waals surface area contributed by atoms with E-state index in [1.165, 1.54) is 5.56 Å². The number of benzene rings is 2. The number of ether oxygens (including phenoxy) is 2. The van der Waals surface area contributed by atoms with Crippen LogP contribution in [0.5, 0.6) is 11.5 Å². The summed E-state index contributed by atoms with van der Waals surface area (Å²) >= 11 is 8.07. The second-order valence-electron chi connectivity index (χ2n) is 7.69. The van der Waals surface area contributed by atoms with E-state index in [0.717, 1.165) is 29.5 Å². The average molecular weight is 459 g/mol. The number of aromatic nitrogens is 3. The Morgan fingerprint density at radius 2 is 1.87 bits per heavy atom. The summed E-state index contributed by atoms with van der Waals surface area (Å²) in [4.78, 5) is 2.19. The van der Waals surface area contributed by atoms with Crippen LogP contribution in [0.25, 0.3) is 0 Å². The summed E-state index contributed by atoms with van der Waals surface area (Å²) in [7, 11) is 4.17. The van der Waals surface area contributed by atoms with E-state index in [4.69, 9.17) is 21.1 Å². The Bertz CT molecular complexity index is 1030. The molecule has 0 aliphatic carbocycles. The average Bonchev–Trinajstić information content (AvgIpc) is 3.15. The number of nitrogens with zero attached hydrogens (tertiary/aromatic N) is 4. The molecule has 6 nitrogen and oxygen atoms in total. The largest absolute Gasteiger partial charge is 0.486 e. The molecule has 1 aliphatic rings. The third-order valence-corrected chi connectivity index (χ3v) is 6.58. The normalized spacial score (nSPS) is 14.1. The fourth-order valence-corrected chi connectivity index (χ4v) is 4.90. The first-order valence-electron chi connectivity index (χ1n) is 10.4. The molecule has 3 aromatic rings. The zero-order chi connectivity index (χ0) is 21.8. The summed E-state index contributed by atoms with van der Waals surface area (Å²) in [6, 6.07) is 14.6. The molecule has 31 heavy (non-hydrogen) atoms. The zero-order valence-electron chi connectivity index (χ0n) is 18.0. The Hall–Kier alpha value is -2.22. The first-order valence-corrected chi connectivity index (χ1v) is 11.8. The fourth-order valence-electron chi connectivity index (χ4n) is 3.74. The molecule has 0 spiro atoms. The first-order chi connectivity index (χ1) is 15.1. The van der Waals surface area contributed by atoms with Gasteiger partial charge in [-0.2, -0.15) is 0 Å². The van der Waals surface area contributed by atoms with Gasteiger partial charge in [-0.05, 0) is 43.8 Å². The maximum Gasteiger partial charge on any atom is 0.191 e. The molecule has 0 unspecified atom stereocenters. The van der Waals surface area contributed by atoms with Crippen LogP contribution in [0.2, 0.25) is 5.02 Å². The maximum atomic E-state index is 6.41. The Balaban J connectivity index is 1.60. The second kappa shape index (κ2) is 9.94. The third kappa shape index (κ3) is 5.00. The molecule has 8 heteroatoms. The van der Waals surface area contributed by atoms with Crippen LogP contribution in [0.4, 0.5) is 0 Å². The Labute approximate surface area is 192 Å². The van der Waals surface area contributed by atoms with Crippen molar-refractivity contribution in [2.75, 3.05) is 27.3 Å². The van der Waals surface area contributed by atoms with Gasteiger partial charge in [0.15, 0.2) is 22.5 Å². The molecule has 0 saturated heterocycles. The molecule has 1 atom stereocenters. The lowest BCUT2D eigenvalue weighted by molar-refractivity contribution is 0.171. The van der Waals surface area contributed by atoms with Crippen LogP contribution < -0.4 is 9.47 Å². The molecule has 1 aliphatic heterocycles. The van der Waals surface area contributed by atoms with E-state index < -0.39 is 0 Å². The number of hydrogen-bond acceptors (Lipinski definition) is 6. The van der Waals surface area contributed by atoms with E-state index in [1.807, 2.05) is 18.2 Å². The molecular weight excluding hydrogens is 432 g/mol. The first kappa shape index (κ1) is 22.0. The summed E-state index contributed by atoms with van der Waals surface area (Å²) < 4.78 is 13.6. The van der Waals surface area contributed by atoms with Gasteiger partial charge in [0.1, 0.15) is 13.2 Å².